The molecule has 2 aromatic rings. The van der Waals surface area contributed by atoms with Gasteiger partial charge in [0, 0.05) is 11.6 Å². The highest BCUT2D eigenvalue weighted by Gasteiger charge is 2.32. The topological polar surface area (TPSA) is 30.7 Å². The van der Waals surface area contributed by atoms with Gasteiger partial charge in [-0.05, 0) is 36.3 Å². The van der Waals surface area contributed by atoms with E-state index < -0.39 is 0 Å². The monoisotopic (exact) mass is 303 g/mol. The number of halogens is 1. The van der Waals surface area contributed by atoms with Gasteiger partial charge in [-0.3, -0.25) is 4.57 Å². The molecular weight excluding hydrogens is 282 g/mol. The first kappa shape index (κ1) is 14.6. The van der Waals surface area contributed by atoms with Gasteiger partial charge in [-0.15, -0.1) is 10.2 Å². The number of nitrogens with zero attached hydrogens (tertiary/aromatic N) is 3. The summed E-state index contributed by atoms with van der Waals surface area (Å²) in [4.78, 5) is 0. The van der Waals surface area contributed by atoms with Crippen molar-refractivity contribution in [3.8, 4) is 11.4 Å². The normalized spacial score (nSPS) is 22.7. The van der Waals surface area contributed by atoms with Gasteiger partial charge in [0.05, 0.1) is 0 Å². The van der Waals surface area contributed by atoms with Crippen LogP contribution >= 0.6 is 11.6 Å². The molecule has 4 heteroatoms. The molecule has 112 valence electrons. The fraction of sp³-hybridized carbons (Fsp3) is 0.529. The summed E-state index contributed by atoms with van der Waals surface area (Å²) in [6.07, 6.45) is 5.02. The van der Waals surface area contributed by atoms with Crippen LogP contribution in [0.1, 0.15) is 45.6 Å². The molecule has 2 unspecified atom stereocenters. The molecule has 1 fully saturated rings. The number of hydrogen-bond donors (Lipinski definition) is 0. The summed E-state index contributed by atoms with van der Waals surface area (Å²) in [5, 5.41) is 9.00. The minimum atomic E-state index is 0.413. The third kappa shape index (κ3) is 2.84. The van der Waals surface area contributed by atoms with E-state index in [1.54, 1.807) is 0 Å². The van der Waals surface area contributed by atoms with Crippen LogP contribution in [0.4, 0.5) is 0 Å². The van der Waals surface area contributed by atoms with Gasteiger partial charge in [0.25, 0.3) is 0 Å². The second-order valence-corrected chi connectivity index (χ2v) is 6.63. The zero-order chi connectivity index (χ0) is 14.8. The maximum absolute atomic E-state index is 6.39. The Morgan fingerprint density at radius 2 is 1.81 bits per heavy atom. The van der Waals surface area contributed by atoms with Gasteiger partial charge >= 0.3 is 0 Å². The maximum Gasteiger partial charge on any atom is 0.225 e. The van der Waals surface area contributed by atoms with Gasteiger partial charge in [0.15, 0.2) is 5.82 Å². The molecule has 1 aliphatic carbocycles. The molecule has 1 aromatic carbocycles. The highest BCUT2D eigenvalue weighted by Crippen LogP contribution is 2.41. The molecule has 0 spiro atoms. The Bertz CT molecular complexity index is 591. The smallest absolute Gasteiger partial charge is 0.225 e. The van der Waals surface area contributed by atoms with E-state index in [1.807, 2.05) is 18.2 Å². The van der Waals surface area contributed by atoms with E-state index in [1.165, 1.54) is 25.7 Å². The Hall–Kier alpha value is -1.35. The highest BCUT2D eigenvalue weighted by atomic mass is 35.5. The van der Waals surface area contributed by atoms with Crippen LogP contribution in [0.3, 0.4) is 0 Å². The summed E-state index contributed by atoms with van der Waals surface area (Å²) >= 11 is 6.39. The Balaban J connectivity index is 2.03. The second kappa shape index (κ2) is 6.18. The zero-order valence-electron chi connectivity index (χ0n) is 12.7. The van der Waals surface area contributed by atoms with Crippen LogP contribution in [0.2, 0.25) is 5.28 Å². The van der Waals surface area contributed by atoms with Gasteiger partial charge in [-0.2, -0.15) is 0 Å². The Kier molecular flexibility index (Phi) is 4.29. The molecule has 0 bridgehead atoms. The molecule has 0 amide bonds. The predicted octanol–water partition coefficient (Wildman–Crippen LogP) is 4.99. The number of rotatable bonds is 3. The van der Waals surface area contributed by atoms with E-state index in [0.717, 1.165) is 11.4 Å². The van der Waals surface area contributed by atoms with Crippen molar-refractivity contribution in [1.82, 2.24) is 14.8 Å². The lowest BCUT2D eigenvalue weighted by Gasteiger charge is -2.36. The average molecular weight is 304 g/mol. The van der Waals surface area contributed by atoms with E-state index in [9.17, 15) is 0 Å². The lowest BCUT2D eigenvalue weighted by atomic mass is 9.77. The van der Waals surface area contributed by atoms with E-state index in [4.69, 9.17) is 11.6 Å². The van der Waals surface area contributed by atoms with Gasteiger partial charge in [-0.25, -0.2) is 0 Å². The molecular formula is C17H22ClN3. The van der Waals surface area contributed by atoms with Gasteiger partial charge in [0.2, 0.25) is 5.28 Å². The minimum absolute atomic E-state index is 0.413. The van der Waals surface area contributed by atoms with Gasteiger partial charge < -0.3 is 0 Å². The van der Waals surface area contributed by atoms with Crippen LogP contribution in [-0.4, -0.2) is 14.8 Å². The maximum atomic E-state index is 6.39. The van der Waals surface area contributed by atoms with Crippen molar-refractivity contribution < 1.29 is 0 Å². The first-order chi connectivity index (χ1) is 10.2. The summed E-state index contributed by atoms with van der Waals surface area (Å²) in [7, 11) is 0. The van der Waals surface area contributed by atoms with Gasteiger partial charge in [0.1, 0.15) is 0 Å². The molecule has 1 aliphatic rings. The van der Waals surface area contributed by atoms with Crippen molar-refractivity contribution in [2.75, 3.05) is 0 Å². The summed E-state index contributed by atoms with van der Waals surface area (Å²) in [6.45, 7) is 4.62. The molecule has 3 nitrogen and oxygen atoms in total. The van der Waals surface area contributed by atoms with Crippen molar-refractivity contribution in [3.63, 3.8) is 0 Å². The van der Waals surface area contributed by atoms with Crippen LogP contribution in [0, 0.1) is 11.8 Å². The molecule has 1 aromatic heterocycles. The minimum Gasteiger partial charge on any atom is -0.294 e. The SMILES string of the molecule is CC(C)C1CCCCC1n1c(Cl)nnc1-c1ccccc1. The van der Waals surface area contributed by atoms with Crippen LogP contribution in [0.15, 0.2) is 30.3 Å². The standard InChI is InChI=1S/C17H22ClN3/c1-12(2)14-10-6-7-11-15(14)21-16(19-20-17(21)18)13-8-4-3-5-9-13/h3-5,8-9,12,14-15H,6-7,10-11H2,1-2H3. The largest absolute Gasteiger partial charge is 0.294 e. The average Bonchev–Trinajstić information content (AvgIpc) is 2.89. The third-order valence-corrected chi connectivity index (χ3v) is 4.91. The van der Waals surface area contributed by atoms with Crippen molar-refractivity contribution in [3.05, 3.63) is 35.6 Å². The zero-order valence-corrected chi connectivity index (χ0v) is 13.4. The number of aromatic nitrogens is 3. The third-order valence-electron chi connectivity index (χ3n) is 4.66. The molecule has 3 rings (SSSR count). The highest BCUT2D eigenvalue weighted by molar-refractivity contribution is 6.28. The Morgan fingerprint density at radius 1 is 1.10 bits per heavy atom. The predicted molar refractivity (Wildman–Crippen MR) is 86.3 cm³/mol. The number of benzene rings is 1. The quantitative estimate of drug-likeness (QED) is 0.800. The lowest BCUT2D eigenvalue weighted by Crippen LogP contribution is -2.27. The van der Waals surface area contributed by atoms with Crippen molar-refractivity contribution in [1.29, 1.82) is 0 Å². The summed E-state index contributed by atoms with van der Waals surface area (Å²) in [6, 6.07) is 10.6. The van der Waals surface area contributed by atoms with Gasteiger partial charge in [-0.1, -0.05) is 57.0 Å². The first-order valence-electron chi connectivity index (χ1n) is 7.84. The lowest BCUT2D eigenvalue weighted by molar-refractivity contribution is 0.185. The van der Waals surface area contributed by atoms with Crippen LogP contribution in [-0.2, 0) is 0 Å². The van der Waals surface area contributed by atoms with E-state index in [2.05, 4.69) is 40.7 Å². The fourth-order valence-electron chi connectivity index (χ4n) is 3.59. The Morgan fingerprint density at radius 3 is 2.52 bits per heavy atom. The summed E-state index contributed by atoms with van der Waals surface area (Å²) in [5.41, 5.74) is 1.09. The molecule has 2 atom stereocenters. The second-order valence-electron chi connectivity index (χ2n) is 6.29. The molecule has 0 N–H and O–H groups in total. The molecule has 0 radical (unpaired) electrons. The number of hydrogen-bond acceptors (Lipinski definition) is 2. The van der Waals surface area contributed by atoms with E-state index in [-0.39, 0.29) is 0 Å². The Labute approximate surface area is 131 Å². The van der Waals surface area contributed by atoms with E-state index >= 15 is 0 Å². The molecule has 1 saturated carbocycles. The summed E-state index contributed by atoms with van der Waals surface area (Å²) in [5.74, 6) is 2.20. The van der Waals surface area contributed by atoms with Crippen LogP contribution in [0.25, 0.3) is 11.4 Å². The fourth-order valence-corrected chi connectivity index (χ4v) is 3.83. The molecule has 21 heavy (non-hydrogen) atoms. The molecule has 0 saturated heterocycles. The van der Waals surface area contributed by atoms with E-state index in [0.29, 0.717) is 23.2 Å². The van der Waals surface area contributed by atoms with Crippen LogP contribution < -0.4 is 0 Å². The van der Waals surface area contributed by atoms with Crippen LogP contribution in [0.5, 0.6) is 0 Å². The molecule has 1 heterocycles. The van der Waals surface area contributed by atoms with Crippen molar-refractivity contribution in [2.24, 2.45) is 11.8 Å². The first-order valence-corrected chi connectivity index (χ1v) is 8.22. The van der Waals surface area contributed by atoms with Crippen molar-refractivity contribution >= 4 is 11.6 Å². The van der Waals surface area contributed by atoms with Crippen molar-refractivity contribution in [2.45, 2.75) is 45.6 Å². The molecule has 0 aliphatic heterocycles. The summed E-state index contributed by atoms with van der Waals surface area (Å²) < 4.78 is 2.17.